The predicted molar refractivity (Wildman–Crippen MR) is 291 cm³/mol. The van der Waals surface area contributed by atoms with Crippen molar-refractivity contribution in [2.24, 2.45) is 0 Å². The monoisotopic (exact) mass is 1180 g/mol. The van der Waals surface area contributed by atoms with Gasteiger partial charge in [0.05, 0.1) is 19.8 Å². The summed E-state index contributed by atoms with van der Waals surface area (Å²) in [5, 5.41) is 117. The summed E-state index contributed by atoms with van der Waals surface area (Å²) >= 11 is 0. The van der Waals surface area contributed by atoms with E-state index in [4.69, 9.17) is 37.5 Å². The molecule has 3 rings (SSSR count). The summed E-state index contributed by atoms with van der Waals surface area (Å²) in [7, 11) is -5.63. The summed E-state index contributed by atoms with van der Waals surface area (Å²) in [4.78, 5) is 37.5. The molecule has 0 aromatic carbocycles. The van der Waals surface area contributed by atoms with Crippen molar-refractivity contribution in [3.05, 3.63) is 0 Å². The topological polar surface area (TPSA) is 368 Å². The summed E-state index contributed by atoms with van der Waals surface area (Å²) in [5.41, 5.74) is 0. The summed E-state index contributed by atoms with van der Waals surface area (Å²) < 4.78 is 58.2. The molecule has 1 aliphatic carbocycles. The van der Waals surface area contributed by atoms with Crippen LogP contribution in [0.5, 0.6) is 0 Å². The minimum atomic E-state index is -5.63. The second-order valence-electron chi connectivity index (χ2n) is 22.2. The van der Waals surface area contributed by atoms with Gasteiger partial charge in [-0.05, 0) is 12.8 Å². The van der Waals surface area contributed by atoms with Gasteiger partial charge in [-0.25, -0.2) is 4.57 Å². The Balaban J connectivity index is 1.69. The van der Waals surface area contributed by atoms with Crippen molar-refractivity contribution >= 4 is 19.8 Å². The number of carbonyl (C=O) groups excluding carboxylic acids is 2. The Labute approximate surface area is 474 Å². The average molecular weight is 1180 g/mol. The van der Waals surface area contributed by atoms with E-state index in [-0.39, 0.29) is 12.8 Å². The normalized spacial score (nSPS) is 31.2. The Bertz CT molecular complexity index is 1600. The molecule has 0 radical (unpaired) electrons. The van der Waals surface area contributed by atoms with Crippen LogP contribution < -0.4 is 0 Å². The molecule has 24 heteroatoms. The number of carbonyl (C=O) groups is 2. The fraction of sp³-hybridized carbons (Fsp3) is 0.964. The lowest BCUT2D eigenvalue weighted by Crippen LogP contribution is -2.69. The highest BCUT2D eigenvalue weighted by Gasteiger charge is 2.58. The molecule has 0 bridgehead atoms. The van der Waals surface area contributed by atoms with Crippen LogP contribution in [0.2, 0.25) is 0 Å². The van der Waals surface area contributed by atoms with Crippen molar-refractivity contribution in [2.45, 2.75) is 317 Å². The summed E-state index contributed by atoms with van der Waals surface area (Å²) in [6.45, 7) is 1.03. The number of ether oxygens (including phenoxy) is 6. The Morgan fingerprint density at radius 3 is 1.10 bits per heavy atom. The fourth-order valence-electron chi connectivity index (χ4n) is 10.4. The number of aliphatic hydroxyl groups excluding tert-OH is 11. The predicted octanol–water partition coefficient (Wildman–Crippen LogP) is 4.54. The molecule has 80 heavy (non-hydrogen) atoms. The Morgan fingerprint density at radius 2 is 0.750 bits per heavy atom. The molecule has 472 valence electrons. The van der Waals surface area contributed by atoms with Gasteiger partial charge in [-0.3, -0.25) is 18.6 Å². The fourth-order valence-corrected chi connectivity index (χ4v) is 11.3. The van der Waals surface area contributed by atoms with E-state index in [1.807, 2.05) is 0 Å². The largest absolute Gasteiger partial charge is 0.472 e. The van der Waals surface area contributed by atoms with Crippen LogP contribution in [-0.4, -0.2) is 204 Å². The molecular formula is C56H105O23P. The van der Waals surface area contributed by atoms with Crippen LogP contribution in [0.3, 0.4) is 0 Å². The van der Waals surface area contributed by atoms with Gasteiger partial charge in [0.2, 0.25) is 0 Å². The third-order valence-electron chi connectivity index (χ3n) is 15.4. The molecule has 0 spiro atoms. The second kappa shape index (κ2) is 41.5. The first-order valence-corrected chi connectivity index (χ1v) is 31.9. The first-order chi connectivity index (χ1) is 38.4. The number of phosphoric ester groups is 1. The van der Waals surface area contributed by atoms with E-state index in [2.05, 4.69) is 13.8 Å². The molecule has 0 amide bonds. The van der Waals surface area contributed by atoms with Gasteiger partial charge in [0.15, 0.2) is 18.7 Å². The van der Waals surface area contributed by atoms with Gasteiger partial charge >= 0.3 is 19.8 Å². The number of rotatable bonds is 45. The highest BCUT2D eigenvalue weighted by atomic mass is 31.2. The summed E-state index contributed by atoms with van der Waals surface area (Å²) in [6, 6.07) is 0. The number of phosphoric acid groups is 1. The van der Waals surface area contributed by atoms with E-state index < -0.39 is 150 Å². The second-order valence-corrected chi connectivity index (χ2v) is 23.6. The molecule has 2 aliphatic heterocycles. The summed E-state index contributed by atoms with van der Waals surface area (Å²) in [5.74, 6) is -1.32. The molecule has 3 fully saturated rings. The Hall–Kier alpha value is -1.55. The number of aliphatic hydroxyl groups is 11. The van der Waals surface area contributed by atoms with E-state index >= 15 is 0 Å². The molecule has 23 nitrogen and oxygen atoms in total. The zero-order valence-corrected chi connectivity index (χ0v) is 48.8. The van der Waals surface area contributed by atoms with Crippen LogP contribution in [0.4, 0.5) is 0 Å². The summed E-state index contributed by atoms with van der Waals surface area (Å²) in [6.07, 6.45) is -2.08. The molecule has 16 atom stereocenters. The van der Waals surface area contributed by atoms with E-state index in [0.717, 1.165) is 57.8 Å². The Kier molecular flexibility index (Phi) is 37.7. The molecule has 3 aliphatic rings. The van der Waals surface area contributed by atoms with Gasteiger partial charge in [0.25, 0.3) is 0 Å². The lowest BCUT2D eigenvalue weighted by Gasteiger charge is -2.49. The molecule has 2 heterocycles. The molecule has 0 aromatic rings. The van der Waals surface area contributed by atoms with Crippen LogP contribution in [-0.2, 0) is 51.6 Å². The van der Waals surface area contributed by atoms with E-state index in [9.17, 15) is 75.2 Å². The highest BCUT2D eigenvalue weighted by molar-refractivity contribution is 7.47. The van der Waals surface area contributed by atoms with Crippen LogP contribution >= 0.6 is 7.82 Å². The van der Waals surface area contributed by atoms with Crippen molar-refractivity contribution < 1.29 is 113 Å². The van der Waals surface area contributed by atoms with Crippen molar-refractivity contribution in [3.63, 3.8) is 0 Å². The van der Waals surface area contributed by atoms with E-state index in [0.29, 0.717) is 12.8 Å². The smallest absolute Gasteiger partial charge is 0.462 e. The van der Waals surface area contributed by atoms with E-state index in [1.165, 1.54) is 116 Å². The van der Waals surface area contributed by atoms with Crippen LogP contribution in [0, 0.1) is 0 Å². The van der Waals surface area contributed by atoms with Gasteiger partial charge in [-0.2, -0.15) is 0 Å². The average Bonchev–Trinajstić information content (AvgIpc) is 3.46. The molecule has 16 unspecified atom stereocenters. The van der Waals surface area contributed by atoms with Crippen LogP contribution in [0.25, 0.3) is 0 Å². The standard InChI is InChI=1S/C56H105O23P/c1-3-5-7-9-11-13-15-17-18-19-21-23-25-27-29-31-33-42(60)74-38(36-72-41(59)32-30-28-26-24-22-20-16-14-12-10-8-6-4-2)37-73-80(70,71)79-54-52(77-55-50(68)45(63)43(61)39(34-57)75-55)48(66)47(65)49(67)53(54)78-56-51(69)46(64)44(62)40(35-58)76-56/h38-40,43-58,61-69H,3-37H2,1-2H3,(H,70,71). The first-order valence-electron chi connectivity index (χ1n) is 30.4. The highest BCUT2D eigenvalue weighted by Crippen LogP contribution is 2.49. The Morgan fingerprint density at radius 1 is 0.425 bits per heavy atom. The van der Waals surface area contributed by atoms with Crippen molar-refractivity contribution in [1.82, 2.24) is 0 Å². The van der Waals surface area contributed by atoms with Gasteiger partial charge in [-0.15, -0.1) is 0 Å². The van der Waals surface area contributed by atoms with Crippen molar-refractivity contribution in [1.29, 1.82) is 0 Å². The number of hydrogen-bond donors (Lipinski definition) is 12. The van der Waals surface area contributed by atoms with Crippen molar-refractivity contribution in [3.8, 4) is 0 Å². The molecule has 0 aromatic heterocycles. The molecular weight excluding hydrogens is 1070 g/mol. The maximum Gasteiger partial charge on any atom is 0.472 e. The quantitative estimate of drug-likeness (QED) is 0.0226. The molecule has 12 N–H and O–H groups in total. The maximum atomic E-state index is 14.0. The van der Waals surface area contributed by atoms with Gasteiger partial charge in [0.1, 0.15) is 92.1 Å². The SMILES string of the molecule is CCCCCCCCCCCCCCCCCCC(=O)OC(COC(=O)CCCCCCCCCCCCCCC)COP(=O)(O)OC1C(OC2OC(CO)C(O)C(O)C2O)C(O)C(O)C(O)C1OC1OC(CO)C(O)C(O)C1O. The third kappa shape index (κ3) is 26.8. The maximum absolute atomic E-state index is 14.0. The van der Waals surface area contributed by atoms with Gasteiger partial charge in [-0.1, -0.05) is 187 Å². The molecule has 2 saturated heterocycles. The van der Waals surface area contributed by atoms with Crippen LogP contribution in [0.15, 0.2) is 0 Å². The number of unbranched alkanes of at least 4 members (excludes halogenated alkanes) is 27. The van der Waals surface area contributed by atoms with Gasteiger partial charge in [0, 0.05) is 12.8 Å². The first kappa shape index (κ1) is 72.7. The lowest BCUT2D eigenvalue weighted by molar-refractivity contribution is -0.360. The van der Waals surface area contributed by atoms with Gasteiger partial charge < -0.3 is 89.5 Å². The zero-order chi connectivity index (χ0) is 58.9. The van der Waals surface area contributed by atoms with Crippen LogP contribution in [0.1, 0.15) is 213 Å². The van der Waals surface area contributed by atoms with E-state index in [1.54, 1.807) is 0 Å². The molecule has 1 saturated carbocycles. The minimum Gasteiger partial charge on any atom is -0.462 e. The minimum absolute atomic E-state index is 0.0245. The zero-order valence-electron chi connectivity index (χ0n) is 47.9. The third-order valence-corrected chi connectivity index (χ3v) is 16.4. The number of esters is 2. The number of hydrogen-bond acceptors (Lipinski definition) is 22. The van der Waals surface area contributed by atoms with Crippen molar-refractivity contribution in [2.75, 3.05) is 26.4 Å². The lowest BCUT2D eigenvalue weighted by atomic mass is 9.84.